The predicted octanol–water partition coefficient (Wildman–Crippen LogP) is 3.31. The molecule has 0 aliphatic heterocycles. The van der Waals surface area contributed by atoms with Gasteiger partial charge in [-0.15, -0.1) is 0 Å². The van der Waals surface area contributed by atoms with Crippen LogP contribution in [0.1, 0.15) is 44.0 Å². The van der Waals surface area contributed by atoms with Crippen molar-refractivity contribution in [2.75, 3.05) is 0 Å². The van der Waals surface area contributed by atoms with Crippen molar-refractivity contribution in [2.24, 2.45) is 5.92 Å². The van der Waals surface area contributed by atoms with Crippen LogP contribution in [0.2, 0.25) is 0 Å². The molecule has 0 bridgehead atoms. The molecular weight excluding hydrogens is 234 g/mol. The van der Waals surface area contributed by atoms with E-state index in [0.717, 1.165) is 23.8 Å². The molecule has 1 aliphatic carbocycles. The Morgan fingerprint density at radius 1 is 1.42 bits per heavy atom. The van der Waals surface area contributed by atoms with Crippen molar-refractivity contribution in [1.29, 1.82) is 0 Å². The zero-order valence-electron chi connectivity index (χ0n) is 11.9. The van der Waals surface area contributed by atoms with Crippen molar-refractivity contribution in [1.82, 2.24) is 14.7 Å². The highest BCUT2D eigenvalue weighted by Gasteiger charge is 2.24. The van der Waals surface area contributed by atoms with Crippen molar-refractivity contribution in [3.63, 3.8) is 0 Å². The van der Waals surface area contributed by atoms with E-state index in [0.29, 0.717) is 6.04 Å². The molecule has 2 aromatic rings. The van der Waals surface area contributed by atoms with Gasteiger partial charge < -0.3 is 9.72 Å². The number of nitrogens with zero attached hydrogens (tertiary/aromatic N) is 2. The summed E-state index contributed by atoms with van der Waals surface area (Å²) in [4.78, 5) is 4.61. The Labute approximate surface area is 115 Å². The molecule has 1 atom stereocenters. The average molecular weight is 257 g/mol. The fourth-order valence-electron chi connectivity index (χ4n) is 2.77. The largest absolute Gasteiger partial charge is 0.308 e. The van der Waals surface area contributed by atoms with Crippen LogP contribution in [0.25, 0.3) is 5.65 Å². The molecule has 1 N–H and O–H groups in total. The molecule has 1 saturated carbocycles. The van der Waals surface area contributed by atoms with Crippen molar-refractivity contribution >= 4 is 5.65 Å². The van der Waals surface area contributed by atoms with Crippen molar-refractivity contribution in [2.45, 2.75) is 52.1 Å². The Balaban J connectivity index is 1.71. The lowest BCUT2D eigenvalue weighted by Gasteiger charge is -2.16. The number of rotatable bonds is 6. The monoisotopic (exact) mass is 257 g/mol. The van der Waals surface area contributed by atoms with Crippen LogP contribution < -0.4 is 5.32 Å². The molecule has 2 aromatic heterocycles. The van der Waals surface area contributed by atoms with Gasteiger partial charge in [-0.3, -0.25) is 0 Å². The first kappa shape index (κ1) is 12.7. The molecule has 1 aliphatic rings. The van der Waals surface area contributed by atoms with E-state index in [1.54, 1.807) is 0 Å². The third-order valence-electron chi connectivity index (χ3n) is 4.19. The van der Waals surface area contributed by atoms with Gasteiger partial charge in [-0.1, -0.05) is 25.8 Å². The molecule has 0 aromatic carbocycles. The van der Waals surface area contributed by atoms with Gasteiger partial charge in [-0.25, -0.2) is 4.98 Å². The molecule has 0 saturated heterocycles. The molecule has 3 nitrogen and oxygen atoms in total. The molecule has 3 rings (SSSR count). The zero-order valence-corrected chi connectivity index (χ0v) is 11.9. The van der Waals surface area contributed by atoms with Crippen LogP contribution in [0.4, 0.5) is 0 Å². The SMILES string of the molecule is CCC(CC1CC1)NCc1c(C)nc2ccccn12. The highest BCUT2D eigenvalue weighted by molar-refractivity contribution is 5.42. The zero-order chi connectivity index (χ0) is 13.2. The van der Waals surface area contributed by atoms with Crippen molar-refractivity contribution in [3.8, 4) is 0 Å². The lowest BCUT2D eigenvalue weighted by molar-refractivity contribution is 0.441. The second kappa shape index (κ2) is 5.33. The standard InChI is InChI=1S/C16H23N3/c1-3-14(10-13-7-8-13)17-11-15-12(2)18-16-6-4-5-9-19(15)16/h4-6,9,13-14,17H,3,7-8,10-11H2,1-2H3. The summed E-state index contributed by atoms with van der Waals surface area (Å²) in [6.45, 7) is 5.30. The third-order valence-corrected chi connectivity index (χ3v) is 4.19. The molecule has 2 heterocycles. The first-order valence-corrected chi connectivity index (χ1v) is 7.44. The molecular formula is C16H23N3. The van der Waals surface area contributed by atoms with E-state index in [1.807, 2.05) is 6.07 Å². The second-order valence-corrected chi connectivity index (χ2v) is 5.74. The fraction of sp³-hybridized carbons (Fsp3) is 0.562. The number of nitrogens with one attached hydrogen (secondary N) is 1. The van der Waals surface area contributed by atoms with Crippen molar-refractivity contribution in [3.05, 3.63) is 35.8 Å². The molecule has 3 heteroatoms. The lowest BCUT2D eigenvalue weighted by atomic mass is 10.1. The molecule has 0 radical (unpaired) electrons. The van der Waals surface area contributed by atoms with Crippen LogP contribution in [0.15, 0.2) is 24.4 Å². The molecule has 102 valence electrons. The van der Waals surface area contributed by atoms with Crippen LogP contribution in [0.5, 0.6) is 0 Å². The summed E-state index contributed by atoms with van der Waals surface area (Å²) in [5, 5.41) is 3.72. The normalized spacial score (nSPS) is 16.9. The van der Waals surface area contributed by atoms with Crippen LogP contribution in [-0.4, -0.2) is 15.4 Å². The summed E-state index contributed by atoms with van der Waals surface area (Å²) in [5.41, 5.74) is 3.48. The lowest BCUT2D eigenvalue weighted by Crippen LogP contribution is -2.29. The maximum atomic E-state index is 4.61. The van der Waals surface area contributed by atoms with Gasteiger partial charge in [0.25, 0.3) is 0 Å². The Bertz CT molecular complexity index is 554. The topological polar surface area (TPSA) is 29.3 Å². The van der Waals surface area contributed by atoms with E-state index in [1.165, 1.54) is 31.4 Å². The molecule has 1 unspecified atom stereocenters. The van der Waals surface area contributed by atoms with Crippen LogP contribution in [0, 0.1) is 12.8 Å². The highest BCUT2D eigenvalue weighted by Crippen LogP contribution is 2.34. The van der Waals surface area contributed by atoms with Crippen LogP contribution >= 0.6 is 0 Å². The van der Waals surface area contributed by atoms with Gasteiger partial charge >= 0.3 is 0 Å². The minimum absolute atomic E-state index is 0.654. The van der Waals surface area contributed by atoms with Gasteiger partial charge in [0.05, 0.1) is 11.4 Å². The maximum Gasteiger partial charge on any atom is 0.137 e. The molecule has 0 amide bonds. The number of hydrogen-bond acceptors (Lipinski definition) is 2. The Morgan fingerprint density at radius 2 is 2.26 bits per heavy atom. The van der Waals surface area contributed by atoms with Gasteiger partial charge in [0.2, 0.25) is 0 Å². The summed E-state index contributed by atoms with van der Waals surface area (Å²) < 4.78 is 2.20. The van der Waals surface area contributed by atoms with E-state index in [2.05, 4.69) is 46.9 Å². The maximum absolute atomic E-state index is 4.61. The summed E-state index contributed by atoms with van der Waals surface area (Å²) in [7, 11) is 0. The Morgan fingerprint density at radius 3 is 3.00 bits per heavy atom. The number of aryl methyl sites for hydroxylation is 1. The second-order valence-electron chi connectivity index (χ2n) is 5.74. The first-order chi connectivity index (χ1) is 9.28. The minimum atomic E-state index is 0.654. The van der Waals surface area contributed by atoms with E-state index < -0.39 is 0 Å². The summed E-state index contributed by atoms with van der Waals surface area (Å²) in [6, 6.07) is 6.83. The van der Waals surface area contributed by atoms with Crippen molar-refractivity contribution < 1.29 is 0 Å². The van der Waals surface area contributed by atoms with Gasteiger partial charge in [-0.2, -0.15) is 0 Å². The first-order valence-electron chi connectivity index (χ1n) is 7.44. The average Bonchev–Trinajstić information content (AvgIpc) is 3.17. The van der Waals surface area contributed by atoms with E-state index >= 15 is 0 Å². The predicted molar refractivity (Wildman–Crippen MR) is 78.2 cm³/mol. The summed E-state index contributed by atoms with van der Waals surface area (Å²) >= 11 is 0. The fourth-order valence-corrected chi connectivity index (χ4v) is 2.77. The van der Waals surface area contributed by atoms with Crippen LogP contribution in [-0.2, 0) is 6.54 Å². The van der Waals surface area contributed by atoms with Gasteiger partial charge in [0.15, 0.2) is 0 Å². The molecule has 0 spiro atoms. The smallest absolute Gasteiger partial charge is 0.137 e. The van der Waals surface area contributed by atoms with Crippen LogP contribution in [0.3, 0.4) is 0 Å². The van der Waals surface area contributed by atoms with E-state index in [4.69, 9.17) is 0 Å². The number of imidazole rings is 1. The Kier molecular flexibility index (Phi) is 3.56. The minimum Gasteiger partial charge on any atom is -0.308 e. The highest BCUT2D eigenvalue weighted by atomic mass is 15.0. The summed E-state index contributed by atoms with van der Waals surface area (Å²) in [5.74, 6) is 0.987. The Hall–Kier alpha value is -1.35. The number of aromatic nitrogens is 2. The van der Waals surface area contributed by atoms with Gasteiger partial charge in [0, 0.05) is 18.8 Å². The van der Waals surface area contributed by atoms with Gasteiger partial charge in [0.1, 0.15) is 5.65 Å². The number of fused-ring (bicyclic) bond motifs is 1. The number of pyridine rings is 1. The third kappa shape index (κ3) is 2.81. The summed E-state index contributed by atoms with van der Waals surface area (Å²) in [6.07, 6.45) is 7.53. The van der Waals surface area contributed by atoms with Gasteiger partial charge in [-0.05, 0) is 37.8 Å². The van der Waals surface area contributed by atoms with E-state index in [9.17, 15) is 0 Å². The molecule has 19 heavy (non-hydrogen) atoms. The molecule has 1 fully saturated rings. The quantitative estimate of drug-likeness (QED) is 0.860. The number of hydrogen-bond donors (Lipinski definition) is 1. The van der Waals surface area contributed by atoms with E-state index in [-0.39, 0.29) is 0 Å².